The second-order valence-electron chi connectivity index (χ2n) is 4.35. The molecule has 0 bridgehead atoms. The fourth-order valence-corrected chi connectivity index (χ4v) is 2.48. The number of thiazole rings is 1. The third-order valence-electron chi connectivity index (χ3n) is 2.54. The number of aromatic nitrogens is 2. The first-order valence-corrected chi connectivity index (χ1v) is 7.13. The second-order valence-corrected chi connectivity index (χ2v) is 5.82. The zero-order valence-electron chi connectivity index (χ0n) is 11.5. The summed E-state index contributed by atoms with van der Waals surface area (Å²) >= 11 is 6.51. The number of halogens is 5. The van der Waals surface area contributed by atoms with Gasteiger partial charge in [0.05, 0.1) is 22.8 Å². The Morgan fingerprint density at radius 1 is 1.39 bits per heavy atom. The summed E-state index contributed by atoms with van der Waals surface area (Å²) in [6.45, 7) is 1.71. The minimum absolute atomic E-state index is 0. The van der Waals surface area contributed by atoms with Gasteiger partial charge in [0, 0.05) is 6.20 Å². The van der Waals surface area contributed by atoms with Crippen molar-refractivity contribution >= 4 is 51.6 Å². The summed E-state index contributed by atoms with van der Waals surface area (Å²) in [4.78, 5) is 19.8. The zero-order chi connectivity index (χ0) is 16.5. The van der Waals surface area contributed by atoms with E-state index in [0.29, 0.717) is 11.1 Å². The van der Waals surface area contributed by atoms with Crippen LogP contribution in [0.5, 0.6) is 0 Å². The summed E-state index contributed by atoms with van der Waals surface area (Å²) in [5.74, 6) is -0.871. The summed E-state index contributed by atoms with van der Waals surface area (Å²) in [5.41, 5.74) is 4.56. The number of amides is 1. The van der Waals surface area contributed by atoms with Gasteiger partial charge >= 0.3 is 6.18 Å². The van der Waals surface area contributed by atoms with Gasteiger partial charge in [0.15, 0.2) is 0 Å². The van der Waals surface area contributed by atoms with Gasteiger partial charge in [-0.15, -0.1) is 28.3 Å². The van der Waals surface area contributed by atoms with Gasteiger partial charge in [-0.1, -0.05) is 11.6 Å². The third-order valence-corrected chi connectivity index (χ3v) is 4.04. The Hall–Kier alpha value is -1.23. The quantitative estimate of drug-likeness (QED) is 0.768. The highest BCUT2D eigenvalue weighted by molar-refractivity contribution is 8.93. The van der Waals surface area contributed by atoms with Crippen molar-refractivity contribution in [3.8, 4) is 0 Å². The second kappa shape index (κ2) is 7.56. The number of nitrogens with one attached hydrogen (secondary N) is 1. The Labute approximate surface area is 148 Å². The van der Waals surface area contributed by atoms with E-state index >= 15 is 0 Å². The van der Waals surface area contributed by atoms with Gasteiger partial charge in [-0.2, -0.15) is 13.2 Å². The molecule has 5 nitrogen and oxygen atoms in total. The van der Waals surface area contributed by atoms with Gasteiger partial charge in [-0.3, -0.25) is 4.79 Å². The lowest BCUT2D eigenvalue weighted by atomic mass is 10.2. The number of hydrogen-bond donors (Lipinski definition) is 2. The third kappa shape index (κ3) is 4.87. The van der Waals surface area contributed by atoms with Gasteiger partial charge in [-0.25, -0.2) is 9.97 Å². The molecular formula is C12H11BrClF3N4OS. The van der Waals surface area contributed by atoms with E-state index in [9.17, 15) is 18.0 Å². The Morgan fingerprint density at radius 2 is 2.04 bits per heavy atom. The van der Waals surface area contributed by atoms with E-state index < -0.39 is 22.7 Å². The van der Waals surface area contributed by atoms with Crippen LogP contribution < -0.4 is 11.1 Å². The summed E-state index contributed by atoms with van der Waals surface area (Å²) < 4.78 is 38.2. The largest absolute Gasteiger partial charge is 0.418 e. The van der Waals surface area contributed by atoms with Crippen LogP contribution in [-0.4, -0.2) is 15.9 Å². The first kappa shape index (κ1) is 19.8. The number of hydrogen-bond acceptors (Lipinski definition) is 5. The molecular weight excluding hydrogens is 421 g/mol. The van der Waals surface area contributed by atoms with Crippen LogP contribution in [0.2, 0.25) is 5.02 Å². The Kier molecular flexibility index (Phi) is 6.51. The molecule has 2 aromatic heterocycles. The van der Waals surface area contributed by atoms with Crippen molar-refractivity contribution in [2.24, 2.45) is 5.73 Å². The van der Waals surface area contributed by atoms with Crippen LogP contribution in [0.3, 0.4) is 0 Å². The minimum Gasteiger partial charge on any atom is -0.322 e. The molecule has 1 unspecified atom stereocenters. The number of nitrogens with zero attached hydrogens (tertiary/aromatic N) is 2. The van der Waals surface area contributed by atoms with Crippen LogP contribution in [0.4, 0.5) is 19.0 Å². The van der Waals surface area contributed by atoms with Crippen molar-refractivity contribution in [3.63, 3.8) is 0 Å². The van der Waals surface area contributed by atoms with Gasteiger partial charge in [0.1, 0.15) is 15.7 Å². The normalized spacial score (nSPS) is 12.4. The van der Waals surface area contributed by atoms with E-state index in [1.165, 1.54) is 6.20 Å². The summed E-state index contributed by atoms with van der Waals surface area (Å²) in [6.07, 6.45) is -2.49. The van der Waals surface area contributed by atoms with Crippen LogP contribution in [0.1, 0.15) is 33.2 Å². The molecule has 1 amide bonds. The predicted molar refractivity (Wildman–Crippen MR) is 87.2 cm³/mol. The SMILES string of the molecule is Br.CC(N)c1ncc(C(=O)Nc2cc(C(F)(F)F)c(Cl)cn2)s1. The molecule has 0 saturated carbocycles. The highest BCUT2D eigenvalue weighted by Crippen LogP contribution is 2.35. The van der Waals surface area contributed by atoms with E-state index in [1.54, 1.807) is 6.92 Å². The van der Waals surface area contributed by atoms with Crippen LogP contribution in [0.25, 0.3) is 0 Å². The molecule has 0 saturated heterocycles. The van der Waals surface area contributed by atoms with Crippen LogP contribution >= 0.6 is 39.9 Å². The Bertz CT molecular complexity index is 708. The maximum Gasteiger partial charge on any atom is 0.418 e. The van der Waals surface area contributed by atoms with Crippen molar-refractivity contribution in [1.29, 1.82) is 0 Å². The maximum absolute atomic E-state index is 12.7. The molecule has 126 valence electrons. The average Bonchev–Trinajstić information content (AvgIpc) is 2.89. The van der Waals surface area contributed by atoms with Crippen molar-refractivity contribution in [2.75, 3.05) is 5.32 Å². The van der Waals surface area contributed by atoms with E-state index in [4.69, 9.17) is 17.3 Å². The predicted octanol–water partition coefficient (Wildman–Crippen LogP) is 4.06. The van der Waals surface area contributed by atoms with E-state index in [-0.39, 0.29) is 33.7 Å². The molecule has 2 heterocycles. The molecule has 2 aromatic rings. The Morgan fingerprint density at radius 3 is 2.57 bits per heavy atom. The standard InChI is InChI=1S/C12H10ClF3N4OS.BrH/c1-5(17)11-19-4-8(22-11)10(21)20-9-2-6(12(14,15)16)7(13)3-18-9;/h2-5H,17H2,1H3,(H,18,20,21);1H. The first-order chi connectivity index (χ1) is 10.2. The van der Waals surface area contributed by atoms with Gasteiger partial charge in [0.2, 0.25) is 0 Å². The maximum atomic E-state index is 12.7. The first-order valence-electron chi connectivity index (χ1n) is 5.94. The van der Waals surface area contributed by atoms with E-state index in [2.05, 4.69) is 15.3 Å². The molecule has 0 spiro atoms. The molecule has 0 fully saturated rings. The van der Waals surface area contributed by atoms with E-state index in [0.717, 1.165) is 17.5 Å². The fraction of sp³-hybridized carbons (Fsp3) is 0.250. The topological polar surface area (TPSA) is 80.9 Å². The fourth-order valence-electron chi connectivity index (χ4n) is 1.51. The molecule has 1 atom stereocenters. The van der Waals surface area contributed by atoms with Gasteiger partial charge in [0.25, 0.3) is 5.91 Å². The molecule has 0 aliphatic carbocycles. The summed E-state index contributed by atoms with van der Waals surface area (Å²) in [5, 5.41) is 2.28. The monoisotopic (exact) mass is 430 g/mol. The summed E-state index contributed by atoms with van der Waals surface area (Å²) in [7, 11) is 0. The molecule has 0 aliphatic heterocycles. The number of pyridine rings is 1. The van der Waals surface area contributed by atoms with Crippen LogP contribution in [-0.2, 0) is 6.18 Å². The number of carbonyl (C=O) groups excluding carboxylic acids is 1. The van der Waals surface area contributed by atoms with Crippen LogP contribution in [0.15, 0.2) is 18.5 Å². The molecule has 0 aliphatic rings. The lowest BCUT2D eigenvalue weighted by molar-refractivity contribution is -0.137. The molecule has 11 heteroatoms. The van der Waals surface area contributed by atoms with Gasteiger partial charge in [-0.05, 0) is 13.0 Å². The van der Waals surface area contributed by atoms with Crippen molar-refractivity contribution in [2.45, 2.75) is 19.1 Å². The zero-order valence-corrected chi connectivity index (χ0v) is 14.8. The molecule has 23 heavy (non-hydrogen) atoms. The average molecular weight is 432 g/mol. The number of carbonyl (C=O) groups is 1. The highest BCUT2D eigenvalue weighted by atomic mass is 79.9. The number of rotatable bonds is 3. The van der Waals surface area contributed by atoms with Gasteiger partial charge < -0.3 is 11.1 Å². The van der Waals surface area contributed by atoms with Crippen LogP contribution in [0, 0.1) is 0 Å². The number of nitrogens with two attached hydrogens (primary N) is 1. The smallest absolute Gasteiger partial charge is 0.322 e. The van der Waals surface area contributed by atoms with E-state index in [1.807, 2.05) is 0 Å². The molecule has 3 N–H and O–H groups in total. The Balaban J connectivity index is 0.00000264. The van der Waals surface area contributed by atoms with Crippen molar-refractivity contribution in [1.82, 2.24) is 9.97 Å². The number of anilines is 1. The summed E-state index contributed by atoms with van der Waals surface area (Å²) in [6, 6.07) is 0.338. The molecule has 0 radical (unpaired) electrons. The molecule has 0 aromatic carbocycles. The lowest BCUT2D eigenvalue weighted by Gasteiger charge is -2.10. The number of alkyl halides is 3. The highest BCUT2D eigenvalue weighted by Gasteiger charge is 2.34. The van der Waals surface area contributed by atoms with Crippen molar-refractivity contribution < 1.29 is 18.0 Å². The van der Waals surface area contributed by atoms with Crippen molar-refractivity contribution in [3.05, 3.63) is 38.9 Å². The minimum atomic E-state index is -4.63. The molecule has 2 rings (SSSR count). The lowest BCUT2D eigenvalue weighted by Crippen LogP contribution is -2.13.